The van der Waals surface area contributed by atoms with E-state index in [4.69, 9.17) is 5.11 Å². The molecule has 3 heterocycles. The Bertz CT molecular complexity index is 1860. The van der Waals surface area contributed by atoms with Crippen LogP contribution in [-0.2, 0) is 14.8 Å². The highest BCUT2D eigenvalue weighted by Gasteiger charge is 2.24. The molecule has 0 atom stereocenters. The number of carbonyl (C=O) groups excluding carboxylic acids is 1. The second kappa shape index (κ2) is 10.7. The summed E-state index contributed by atoms with van der Waals surface area (Å²) in [5, 5.41) is 11.9. The number of carbonyl (C=O) groups is 2. The third-order valence-corrected chi connectivity index (χ3v) is 8.12. The van der Waals surface area contributed by atoms with Crippen LogP contribution in [0.4, 0.5) is 14.9 Å². The van der Waals surface area contributed by atoms with Crippen LogP contribution in [0.2, 0.25) is 0 Å². The molecule has 2 aromatic carbocycles. The smallest absolute Gasteiger partial charge is 0.404 e. The molecule has 2 N–H and O–H groups in total. The summed E-state index contributed by atoms with van der Waals surface area (Å²) < 4.78 is 43.5. The average Bonchev–Trinajstić information content (AvgIpc) is 3.33. The molecule has 10 nitrogen and oxygen atoms in total. The van der Waals surface area contributed by atoms with Gasteiger partial charge in [-0.05, 0) is 55.3 Å². The Hall–Kier alpha value is -4.84. The lowest BCUT2D eigenvalue weighted by Gasteiger charge is -2.17. The van der Waals surface area contributed by atoms with Crippen LogP contribution >= 0.6 is 0 Å². The number of rotatable bonds is 9. The van der Waals surface area contributed by atoms with Gasteiger partial charge in [-0.15, -0.1) is 0 Å². The van der Waals surface area contributed by atoms with Gasteiger partial charge in [0.1, 0.15) is 11.3 Å². The van der Waals surface area contributed by atoms with Crippen LogP contribution in [0.3, 0.4) is 0 Å². The number of aromatic nitrogens is 3. The highest BCUT2D eigenvalue weighted by Crippen LogP contribution is 2.36. The third-order valence-electron chi connectivity index (χ3n) is 6.46. The number of fused-ring (bicyclic) bond motifs is 2. The maximum Gasteiger partial charge on any atom is 0.404 e. The van der Waals surface area contributed by atoms with Crippen molar-refractivity contribution in [3.05, 3.63) is 84.6 Å². The lowest BCUT2D eigenvalue weighted by atomic mass is 10.0. The standard InChI is InChI=1S/C28H24FN5O5S/c1-18-5-7-22(8-6-18)40(38,39)34-16-24(20-12-19-4-2-9-30-26(19)25(29)13-20)23-14-21(15-32-27(23)34)33(17-35)11-3-10-31-28(36)37/h2,4-9,12-17,31H,3,10-11H2,1H3,(H,36,37). The summed E-state index contributed by atoms with van der Waals surface area (Å²) in [5.74, 6) is -0.569. The van der Waals surface area contributed by atoms with E-state index < -0.39 is 21.9 Å². The fourth-order valence-corrected chi connectivity index (χ4v) is 5.78. The zero-order chi connectivity index (χ0) is 28.4. The first-order chi connectivity index (χ1) is 19.2. The Labute approximate surface area is 228 Å². The number of halogens is 1. The Balaban J connectivity index is 1.67. The highest BCUT2D eigenvalue weighted by atomic mass is 32.2. The van der Waals surface area contributed by atoms with Gasteiger partial charge in [0, 0.05) is 41.8 Å². The minimum absolute atomic E-state index is 0.0572. The molecule has 0 spiro atoms. The van der Waals surface area contributed by atoms with E-state index in [9.17, 15) is 18.0 Å². The summed E-state index contributed by atoms with van der Waals surface area (Å²) in [6, 6.07) is 14.4. The van der Waals surface area contributed by atoms with E-state index in [1.807, 2.05) is 6.92 Å². The molecule has 0 saturated carbocycles. The van der Waals surface area contributed by atoms with Crippen molar-refractivity contribution in [1.29, 1.82) is 0 Å². The summed E-state index contributed by atoms with van der Waals surface area (Å²) in [6.45, 7) is 2.17. The van der Waals surface area contributed by atoms with Gasteiger partial charge in [-0.2, -0.15) is 0 Å². The van der Waals surface area contributed by atoms with Crippen LogP contribution in [0.1, 0.15) is 12.0 Å². The van der Waals surface area contributed by atoms with Crippen molar-refractivity contribution >= 4 is 50.2 Å². The van der Waals surface area contributed by atoms with E-state index >= 15 is 4.39 Å². The SMILES string of the molecule is Cc1ccc(S(=O)(=O)n2cc(-c3cc(F)c4ncccc4c3)c3cc(N(C=O)CCCNC(=O)O)cnc32)cc1. The minimum Gasteiger partial charge on any atom is -0.465 e. The summed E-state index contributed by atoms with van der Waals surface area (Å²) in [4.78, 5) is 32.5. The van der Waals surface area contributed by atoms with Crippen molar-refractivity contribution in [2.24, 2.45) is 0 Å². The molecule has 5 aromatic rings. The van der Waals surface area contributed by atoms with Gasteiger partial charge in [-0.1, -0.05) is 23.8 Å². The molecule has 0 aliphatic carbocycles. The zero-order valence-electron chi connectivity index (χ0n) is 21.3. The molecule has 0 saturated heterocycles. The summed E-state index contributed by atoms with van der Waals surface area (Å²) in [5.41, 5.74) is 2.35. The van der Waals surface area contributed by atoms with Crippen LogP contribution in [-0.4, -0.2) is 53.1 Å². The van der Waals surface area contributed by atoms with Gasteiger partial charge in [0.15, 0.2) is 5.65 Å². The van der Waals surface area contributed by atoms with Gasteiger partial charge in [0.2, 0.25) is 6.41 Å². The number of anilines is 1. The molecule has 40 heavy (non-hydrogen) atoms. The molecule has 12 heteroatoms. The molecule has 3 aromatic heterocycles. The van der Waals surface area contributed by atoms with Crippen molar-refractivity contribution in [2.75, 3.05) is 18.0 Å². The number of amides is 2. The van der Waals surface area contributed by atoms with Crippen molar-refractivity contribution in [2.45, 2.75) is 18.2 Å². The zero-order valence-corrected chi connectivity index (χ0v) is 22.1. The van der Waals surface area contributed by atoms with Gasteiger partial charge in [-0.3, -0.25) is 9.78 Å². The number of nitrogens with one attached hydrogen (secondary N) is 1. The Morgan fingerprint density at radius 2 is 1.93 bits per heavy atom. The van der Waals surface area contributed by atoms with Gasteiger partial charge in [-0.25, -0.2) is 26.6 Å². The summed E-state index contributed by atoms with van der Waals surface area (Å²) in [7, 11) is -4.09. The largest absolute Gasteiger partial charge is 0.465 e. The van der Waals surface area contributed by atoms with Crippen LogP contribution in [0.25, 0.3) is 33.1 Å². The Kier molecular flexibility index (Phi) is 7.18. The fourth-order valence-electron chi connectivity index (χ4n) is 4.45. The summed E-state index contributed by atoms with van der Waals surface area (Å²) in [6.07, 6.45) is 4.01. The van der Waals surface area contributed by atoms with E-state index in [2.05, 4.69) is 15.3 Å². The molecule has 0 fully saturated rings. The Morgan fingerprint density at radius 1 is 1.15 bits per heavy atom. The second-order valence-corrected chi connectivity index (χ2v) is 11.0. The number of pyridine rings is 2. The van der Waals surface area contributed by atoms with Crippen molar-refractivity contribution in [1.82, 2.24) is 19.3 Å². The first-order valence-corrected chi connectivity index (χ1v) is 13.7. The second-order valence-electron chi connectivity index (χ2n) is 9.14. The predicted molar refractivity (Wildman–Crippen MR) is 148 cm³/mol. The molecule has 0 bridgehead atoms. The normalized spacial score (nSPS) is 11.6. The first kappa shape index (κ1) is 26.8. The van der Waals surface area contributed by atoms with E-state index in [0.717, 1.165) is 9.54 Å². The first-order valence-electron chi connectivity index (χ1n) is 12.3. The van der Waals surface area contributed by atoms with Crippen molar-refractivity contribution in [3.63, 3.8) is 0 Å². The number of aryl methyl sites for hydroxylation is 1. The molecule has 0 radical (unpaired) electrons. The quantitative estimate of drug-likeness (QED) is 0.199. The number of carboxylic acid groups (broad SMARTS) is 1. The molecular weight excluding hydrogens is 537 g/mol. The monoisotopic (exact) mass is 561 g/mol. The minimum atomic E-state index is -4.09. The number of nitrogens with zero attached hydrogens (tertiary/aromatic N) is 4. The third kappa shape index (κ3) is 5.08. The van der Waals surface area contributed by atoms with E-state index in [1.165, 1.54) is 41.7 Å². The maximum atomic E-state index is 15.1. The topological polar surface area (TPSA) is 134 Å². The van der Waals surface area contributed by atoms with Gasteiger partial charge in [0.25, 0.3) is 10.0 Å². The van der Waals surface area contributed by atoms with Gasteiger partial charge < -0.3 is 15.3 Å². The van der Waals surface area contributed by atoms with Crippen molar-refractivity contribution in [3.8, 4) is 11.1 Å². The van der Waals surface area contributed by atoms with Crippen LogP contribution in [0.5, 0.6) is 0 Å². The van der Waals surface area contributed by atoms with Gasteiger partial charge >= 0.3 is 6.09 Å². The molecule has 0 aliphatic rings. The van der Waals surface area contributed by atoms with Crippen molar-refractivity contribution < 1.29 is 27.5 Å². The van der Waals surface area contributed by atoms with E-state index in [-0.39, 0.29) is 29.1 Å². The maximum absolute atomic E-state index is 15.1. The lowest BCUT2D eigenvalue weighted by Crippen LogP contribution is -2.28. The van der Waals surface area contributed by atoms with Crippen LogP contribution in [0.15, 0.2) is 78.1 Å². The van der Waals surface area contributed by atoms with E-state index in [0.29, 0.717) is 40.4 Å². The predicted octanol–water partition coefficient (Wildman–Crippen LogP) is 4.56. The molecule has 204 valence electrons. The molecule has 5 rings (SSSR count). The molecular formula is C28H24FN5O5S. The lowest BCUT2D eigenvalue weighted by molar-refractivity contribution is -0.107. The number of benzene rings is 2. The molecule has 2 amide bonds. The highest BCUT2D eigenvalue weighted by molar-refractivity contribution is 7.90. The van der Waals surface area contributed by atoms with E-state index in [1.54, 1.807) is 36.4 Å². The average molecular weight is 562 g/mol. The summed E-state index contributed by atoms with van der Waals surface area (Å²) >= 11 is 0. The van der Waals surface area contributed by atoms with Gasteiger partial charge in [0.05, 0.1) is 16.8 Å². The molecule has 0 unspecified atom stereocenters. The van der Waals surface area contributed by atoms with Crippen LogP contribution < -0.4 is 10.2 Å². The van der Waals surface area contributed by atoms with Crippen LogP contribution in [0, 0.1) is 12.7 Å². The molecule has 0 aliphatic heterocycles. The Morgan fingerprint density at radius 3 is 2.65 bits per heavy atom. The fraction of sp³-hybridized carbons (Fsp3) is 0.143. The number of hydrogen-bond acceptors (Lipinski definition) is 6. The number of hydrogen-bond donors (Lipinski definition) is 2.